The summed E-state index contributed by atoms with van der Waals surface area (Å²) in [5.74, 6) is 0.780. The number of carbonyl (C=O) groups excluding carboxylic acids is 1. The second-order valence-corrected chi connectivity index (χ2v) is 9.35. The molecule has 1 aliphatic heterocycles. The van der Waals surface area contributed by atoms with Gasteiger partial charge in [0.1, 0.15) is 5.02 Å². The van der Waals surface area contributed by atoms with Crippen molar-refractivity contribution in [3.63, 3.8) is 0 Å². The first-order chi connectivity index (χ1) is 17.4. The largest absolute Gasteiger partial charge is 0.369 e. The van der Waals surface area contributed by atoms with E-state index in [1.807, 2.05) is 48.0 Å². The Morgan fingerprint density at radius 2 is 1.92 bits per heavy atom. The van der Waals surface area contributed by atoms with Crippen molar-refractivity contribution in [2.24, 2.45) is 0 Å². The fourth-order valence-electron chi connectivity index (χ4n) is 4.40. The number of aryl methyl sites for hydroxylation is 1. The molecule has 0 bridgehead atoms. The third kappa shape index (κ3) is 4.91. The quantitative estimate of drug-likeness (QED) is 0.362. The standard InChI is InChI=1S/C27H28ClN7O/c1-4-25(36)30-20-8-9-24-22(15-20)18(2)17-35(24)26-23(28)16-29-27(32-26)31-19-6-5-7-21(14-19)34-12-10-33(3)11-13-34/h4-9,14-17H,1,10-13H2,2-3H3,(H,30,36)(H,29,31,32). The zero-order chi connectivity index (χ0) is 25.2. The number of halogens is 1. The summed E-state index contributed by atoms with van der Waals surface area (Å²) in [5, 5.41) is 7.56. The van der Waals surface area contributed by atoms with E-state index in [9.17, 15) is 4.79 Å². The minimum atomic E-state index is -0.252. The summed E-state index contributed by atoms with van der Waals surface area (Å²) in [4.78, 5) is 25.6. The molecule has 0 aliphatic carbocycles. The SMILES string of the molecule is C=CC(=O)Nc1ccc2c(c1)c(C)cn2-c1nc(Nc2cccc(N3CCN(C)CC3)c2)ncc1Cl. The molecule has 0 atom stereocenters. The molecule has 4 aromatic rings. The molecule has 0 unspecified atom stereocenters. The van der Waals surface area contributed by atoms with Crippen molar-refractivity contribution in [3.05, 3.63) is 78.1 Å². The van der Waals surface area contributed by atoms with Crippen LogP contribution in [0.15, 0.2) is 67.5 Å². The average molecular weight is 502 g/mol. The number of carbonyl (C=O) groups is 1. The van der Waals surface area contributed by atoms with Gasteiger partial charge in [-0.15, -0.1) is 0 Å². The Hall–Kier alpha value is -3.88. The van der Waals surface area contributed by atoms with Crippen LogP contribution < -0.4 is 15.5 Å². The molecule has 184 valence electrons. The lowest BCUT2D eigenvalue weighted by Crippen LogP contribution is -2.44. The molecule has 8 nitrogen and oxygen atoms in total. The van der Waals surface area contributed by atoms with Crippen molar-refractivity contribution in [3.8, 4) is 5.82 Å². The van der Waals surface area contributed by atoms with E-state index in [1.54, 1.807) is 6.20 Å². The van der Waals surface area contributed by atoms with Crippen molar-refractivity contribution in [1.29, 1.82) is 0 Å². The number of hydrogen-bond donors (Lipinski definition) is 2. The lowest BCUT2D eigenvalue weighted by Gasteiger charge is -2.34. The van der Waals surface area contributed by atoms with Crippen molar-refractivity contribution in [2.75, 3.05) is 48.8 Å². The Morgan fingerprint density at radius 1 is 1.11 bits per heavy atom. The molecule has 0 radical (unpaired) electrons. The Kier molecular flexibility index (Phi) is 6.63. The first kappa shape index (κ1) is 23.8. The van der Waals surface area contributed by atoms with E-state index in [2.05, 4.69) is 51.2 Å². The molecule has 5 rings (SSSR count). The molecule has 0 saturated carbocycles. The molecular formula is C27H28ClN7O. The number of benzene rings is 2. The van der Waals surface area contributed by atoms with E-state index in [-0.39, 0.29) is 5.91 Å². The van der Waals surface area contributed by atoms with Gasteiger partial charge in [0.25, 0.3) is 0 Å². The normalized spacial score (nSPS) is 14.1. The van der Waals surface area contributed by atoms with Gasteiger partial charge in [-0.1, -0.05) is 24.2 Å². The van der Waals surface area contributed by atoms with Crippen LogP contribution in [0.25, 0.3) is 16.7 Å². The molecule has 2 aromatic heterocycles. The number of anilines is 4. The fraction of sp³-hybridized carbons (Fsp3) is 0.222. The van der Waals surface area contributed by atoms with Crippen molar-refractivity contribution >= 4 is 51.4 Å². The van der Waals surface area contributed by atoms with E-state index >= 15 is 0 Å². The summed E-state index contributed by atoms with van der Waals surface area (Å²) in [6.45, 7) is 9.61. The van der Waals surface area contributed by atoms with Gasteiger partial charge in [0.05, 0.1) is 11.7 Å². The van der Waals surface area contributed by atoms with Gasteiger partial charge in [0.15, 0.2) is 5.82 Å². The van der Waals surface area contributed by atoms with E-state index in [0.29, 0.717) is 22.5 Å². The predicted octanol–water partition coefficient (Wildman–Crippen LogP) is 5.00. The molecule has 0 spiro atoms. The average Bonchev–Trinajstić information content (AvgIpc) is 3.21. The zero-order valence-corrected chi connectivity index (χ0v) is 21.1. The number of nitrogens with zero attached hydrogens (tertiary/aromatic N) is 5. The van der Waals surface area contributed by atoms with Crippen LogP contribution in [0.5, 0.6) is 0 Å². The fourth-order valence-corrected chi connectivity index (χ4v) is 4.58. The minimum absolute atomic E-state index is 0.252. The van der Waals surface area contributed by atoms with Crippen LogP contribution in [0.3, 0.4) is 0 Å². The number of likely N-dealkylation sites (N-methyl/N-ethyl adjacent to an activating group) is 1. The third-order valence-electron chi connectivity index (χ3n) is 6.38. The van der Waals surface area contributed by atoms with Gasteiger partial charge in [-0.2, -0.15) is 4.98 Å². The van der Waals surface area contributed by atoms with E-state index in [4.69, 9.17) is 16.6 Å². The van der Waals surface area contributed by atoms with Gasteiger partial charge in [-0.05, 0) is 62.0 Å². The highest BCUT2D eigenvalue weighted by molar-refractivity contribution is 6.32. The molecule has 2 N–H and O–H groups in total. The minimum Gasteiger partial charge on any atom is -0.369 e. The van der Waals surface area contributed by atoms with Gasteiger partial charge in [0, 0.05) is 54.8 Å². The highest BCUT2D eigenvalue weighted by Crippen LogP contribution is 2.30. The smallest absolute Gasteiger partial charge is 0.247 e. The van der Waals surface area contributed by atoms with Crippen LogP contribution >= 0.6 is 11.6 Å². The lowest BCUT2D eigenvalue weighted by molar-refractivity contribution is -0.111. The van der Waals surface area contributed by atoms with Gasteiger partial charge in [-0.3, -0.25) is 9.36 Å². The molecular weight excluding hydrogens is 474 g/mol. The monoisotopic (exact) mass is 501 g/mol. The Balaban J connectivity index is 1.43. The summed E-state index contributed by atoms with van der Waals surface area (Å²) in [6.07, 6.45) is 4.84. The molecule has 3 heterocycles. The van der Waals surface area contributed by atoms with Gasteiger partial charge in [0.2, 0.25) is 11.9 Å². The molecule has 36 heavy (non-hydrogen) atoms. The number of amides is 1. The summed E-state index contributed by atoms with van der Waals surface area (Å²) in [5.41, 5.74) is 4.74. The van der Waals surface area contributed by atoms with Crippen LogP contribution in [-0.4, -0.2) is 58.6 Å². The van der Waals surface area contributed by atoms with Crippen LogP contribution in [0.2, 0.25) is 5.02 Å². The maximum Gasteiger partial charge on any atom is 0.247 e. The summed E-state index contributed by atoms with van der Waals surface area (Å²) in [7, 11) is 2.15. The Bertz CT molecular complexity index is 1440. The molecule has 1 saturated heterocycles. The highest BCUT2D eigenvalue weighted by atomic mass is 35.5. The first-order valence-electron chi connectivity index (χ1n) is 11.8. The maximum absolute atomic E-state index is 11.7. The van der Waals surface area contributed by atoms with E-state index in [1.165, 1.54) is 11.8 Å². The topological polar surface area (TPSA) is 78.3 Å². The van der Waals surface area contributed by atoms with E-state index in [0.717, 1.165) is 48.3 Å². The van der Waals surface area contributed by atoms with Gasteiger partial charge < -0.3 is 20.4 Å². The number of hydrogen-bond acceptors (Lipinski definition) is 6. The number of rotatable bonds is 6. The third-order valence-corrected chi connectivity index (χ3v) is 6.65. The van der Waals surface area contributed by atoms with Crippen LogP contribution in [0, 0.1) is 6.92 Å². The number of piperazine rings is 1. The molecule has 1 fully saturated rings. The second kappa shape index (κ2) is 10.0. The van der Waals surface area contributed by atoms with Crippen molar-refractivity contribution < 1.29 is 4.79 Å². The summed E-state index contributed by atoms with van der Waals surface area (Å²) in [6, 6.07) is 14.0. The molecule has 9 heteroatoms. The molecule has 1 aliphatic rings. The lowest BCUT2D eigenvalue weighted by atomic mass is 10.2. The van der Waals surface area contributed by atoms with E-state index < -0.39 is 0 Å². The number of aromatic nitrogens is 3. The Labute approximate surface area is 215 Å². The second-order valence-electron chi connectivity index (χ2n) is 8.94. The van der Waals surface area contributed by atoms with Crippen LogP contribution in [-0.2, 0) is 4.79 Å². The number of nitrogens with one attached hydrogen (secondary N) is 2. The maximum atomic E-state index is 11.7. The number of fused-ring (bicyclic) bond motifs is 1. The molecule has 2 aromatic carbocycles. The predicted molar refractivity (Wildman–Crippen MR) is 147 cm³/mol. The van der Waals surface area contributed by atoms with Crippen LogP contribution in [0.1, 0.15) is 5.56 Å². The summed E-state index contributed by atoms with van der Waals surface area (Å²) >= 11 is 6.55. The zero-order valence-electron chi connectivity index (χ0n) is 20.3. The summed E-state index contributed by atoms with van der Waals surface area (Å²) < 4.78 is 1.94. The van der Waals surface area contributed by atoms with Crippen molar-refractivity contribution in [1.82, 2.24) is 19.4 Å². The van der Waals surface area contributed by atoms with Crippen molar-refractivity contribution in [2.45, 2.75) is 6.92 Å². The Morgan fingerprint density at radius 3 is 2.69 bits per heavy atom. The van der Waals surface area contributed by atoms with Gasteiger partial charge >= 0.3 is 0 Å². The first-order valence-corrected chi connectivity index (χ1v) is 12.2. The molecule has 1 amide bonds. The van der Waals surface area contributed by atoms with Crippen LogP contribution in [0.4, 0.5) is 23.0 Å². The van der Waals surface area contributed by atoms with Gasteiger partial charge in [-0.25, -0.2) is 4.98 Å². The highest BCUT2D eigenvalue weighted by Gasteiger charge is 2.16.